The fourth-order valence-corrected chi connectivity index (χ4v) is 3.67. The zero-order valence-electron chi connectivity index (χ0n) is 10.9. The molecule has 0 radical (unpaired) electrons. The van der Waals surface area contributed by atoms with Gasteiger partial charge in [0.05, 0.1) is 16.7 Å². The molecule has 6 heteroatoms. The number of thiol groups is 1. The van der Waals surface area contributed by atoms with Gasteiger partial charge in [-0.3, -0.25) is 4.79 Å². The predicted molar refractivity (Wildman–Crippen MR) is 82.5 cm³/mol. The molecule has 1 aliphatic rings. The van der Waals surface area contributed by atoms with E-state index in [-0.39, 0.29) is 11.8 Å². The molecule has 2 aromatic heterocycles. The molecule has 1 aliphatic heterocycles. The predicted octanol–water partition coefficient (Wildman–Crippen LogP) is 2.16. The zero-order chi connectivity index (χ0) is 14.8. The number of aromatic nitrogens is 1. The molecule has 0 saturated carbocycles. The average Bonchev–Trinajstić information content (AvgIpc) is 3.01. The van der Waals surface area contributed by atoms with Crippen molar-refractivity contribution in [2.75, 3.05) is 0 Å². The highest BCUT2D eigenvalue weighted by Gasteiger charge is 2.44. The lowest BCUT2D eigenvalue weighted by Gasteiger charge is -2.26. The van der Waals surface area contributed by atoms with Gasteiger partial charge in [0.2, 0.25) is 6.04 Å². The number of thiophene rings is 1. The highest BCUT2D eigenvalue weighted by molar-refractivity contribution is 7.84. The number of allylic oxidation sites excluding steroid dienone is 1. The summed E-state index contributed by atoms with van der Waals surface area (Å²) in [7, 11) is 0. The lowest BCUT2D eigenvalue weighted by Crippen LogP contribution is -2.53. The molecule has 0 saturated heterocycles. The Bertz CT molecular complexity index is 732. The van der Waals surface area contributed by atoms with E-state index in [9.17, 15) is 10.1 Å². The maximum Gasteiger partial charge on any atom is 0.294 e. The zero-order valence-corrected chi connectivity index (χ0v) is 12.6. The molecular weight excluding hydrogens is 302 g/mol. The van der Waals surface area contributed by atoms with Crippen LogP contribution >= 0.6 is 24.0 Å². The van der Waals surface area contributed by atoms with Crippen molar-refractivity contribution in [2.24, 2.45) is 0 Å². The molecule has 0 aromatic carbocycles. The van der Waals surface area contributed by atoms with Crippen LogP contribution in [0.1, 0.15) is 16.8 Å². The Morgan fingerprint density at radius 1 is 1.29 bits per heavy atom. The van der Waals surface area contributed by atoms with Gasteiger partial charge in [0.15, 0.2) is 12.4 Å². The van der Waals surface area contributed by atoms with E-state index < -0.39 is 6.04 Å². The van der Waals surface area contributed by atoms with Crippen molar-refractivity contribution < 1.29 is 9.36 Å². The first-order valence-electron chi connectivity index (χ1n) is 6.35. The summed E-state index contributed by atoms with van der Waals surface area (Å²) < 4.78 is 1.83. The summed E-state index contributed by atoms with van der Waals surface area (Å²) in [6.07, 6.45) is 3.67. The van der Waals surface area contributed by atoms with Crippen molar-refractivity contribution in [1.82, 2.24) is 5.32 Å². The van der Waals surface area contributed by atoms with E-state index in [4.69, 9.17) is 0 Å². The van der Waals surface area contributed by atoms with E-state index in [1.165, 1.54) is 11.3 Å². The van der Waals surface area contributed by atoms with Crippen molar-refractivity contribution in [3.8, 4) is 6.07 Å². The number of pyridine rings is 1. The molecule has 3 rings (SSSR count). The van der Waals surface area contributed by atoms with Crippen molar-refractivity contribution in [3.63, 3.8) is 0 Å². The molecule has 3 heterocycles. The van der Waals surface area contributed by atoms with E-state index in [2.05, 4.69) is 24.0 Å². The van der Waals surface area contributed by atoms with Gasteiger partial charge >= 0.3 is 0 Å². The third-order valence-electron chi connectivity index (χ3n) is 3.42. The minimum Gasteiger partial charge on any atom is -0.314 e. The molecule has 2 aromatic rings. The van der Waals surface area contributed by atoms with Gasteiger partial charge in [-0.1, -0.05) is 12.1 Å². The Labute approximate surface area is 131 Å². The molecule has 2 atom stereocenters. The maximum absolute atomic E-state index is 12.5. The van der Waals surface area contributed by atoms with Gasteiger partial charge in [-0.15, -0.1) is 24.0 Å². The number of hydrogen-bond acceptors (Lipinski definition) is 4. The second-order valence-corrected chi connectivity index (χ2v) is 6.05. The van der Waals surface area contributed by atoms with Gasteiger partial charge in [0.1, 0.15) is 5.92 Å². The first-order chi connectivity index (χ1) is 10.2. The number of nitrogens with one attached hydrogen (secondary N) is 1. The lowest BCUT2D eigenvalue weighted by molar-refractivity contribution is -0.711. The summed E-state index contributed by atoms with van der Waals surface area (Å²) in [5, 5.41) is 14.4. The Morgan fingerprint density at radius 2 is 2.05 bits per heavy atom. The summed E-state index contributed by atoms with van der Waals surface area (Å²) in [6.45, 7) is 0. The number of nitrogens with zero attached hydrogens (tertiary/aromatic N) is 2. The third kappa shape index (κ3) is 2.46. The van der Waals surface area contributed by atoms with Crippen LogP contribution in [0.5, 0.6) is 0 Å². The molecule has 1 N–H and O–H groups in total. The normalized spacial score (nSPS) is 21.8. The SMILES string of the molecule is N#CC1=C(S)NC(=O)[C@H]([n+]2ccccc2)[C@H]1c1cccs1. The highest BCUT2D eigenvalue weighted by atomic mass is 32.1. The van der Waals surface area contributed by atoms with Crippen LogP contribution in [0.3, 0.4) is 0 Å². The second-order valence-electron chi connectivity index (χ2n) is 4.62. The maximum atomic E-state index is 12.5. The van der Waals surface area contributed by atoms with Crippen molar-refractivity contribution in [2.45, 2.75) is 12.0 Å². The first-order valence-corrected chi connectivity index (χ1v) is 7.68. The van der Waals surface area contributed by atoms with Gasteiger partial charge in [-0.05, 0) is 11.4 Å². The number of amides is 1. The van der Waals surface area contributed by atoms with Crippen LogP contribution in [-0.2, 0) is 4.79 Å². The minimum atomic E-state index is -0.490. The Hall–Kier alpha value is -2.10. The molecule has 21 heavy (non-hydrogen) atoms. The summed E-state index contributed by atoms with van der Waals surface area (Å²) in [4.78, 5) is 13.4. The standard InChI is InChI=1S/C15H11N3OS2/c16-9-10-12(11-5-4-8-21-11)13(14(19)17-15(10)20)18-6-2-1-3-7-18/h1-8,12-13H,(H-,17,19,20)/p+1/t12-,13-/m1/s1. The fourth-order valence-electron chi connectivity index (χ4n) is 2.51. The van der Waals surface area contributed by atoms with Gasteiger partial charge in [-0.25, -0.2) is 0 Å². The molecule has 0 bridgehead atoms. The van der Waals surface area contributed by atoms with Crippen LogP contribution in [-0.4, -0.2) is 5.91 Å². The average molecular weight is 314 g/mol. The van der Waals surface area contributed by atoms with Crippen molar-refractivity contribution in [3.05, 3.63) is 63.6 Å². The summed E-state index contributed by atoms with van der Waals surface area (Å²) in [5.74, 6) is -0.475. The van der Waals surface area contributed by atoms with Gasteiger partial charge in [0, 0.05) is 17.0 Å². The molecule has 104 valence electrons. The van der Waals surface area contributed by atoms with Gasteiger partial charge < -0.3 is 5.32 Å². The van der Waals surface area contributed by atoms with E-state index in [0.29, 0.717) is 10.6 Å². The summed E-state index contributed by atoms with van der Waals surface area (Å²) in [6, 6.07) is 11.2. The topological polar surface area (TPSA) is 56.8 Å². The summed E-state index contributed by atoms with van der Waals surface area (Å²) >= 11 is 5.80. The Morgan fingerprint density at radius 3 is 2.67 bits per heavy atom. The van der Waals surface area contributed by atoms with E-state index in [1.54, 1.807) is 0 Å². The van der Waals surface area contributed by atoms with E-state index >= 15 is 0 Å². The number of nitriles is 1. The largest absolute Gasteiger partial charge is 0.314 e. The number of rotatable bonds is 2. The van der Waals surface area contributed by atoms with Crippen molar-refractivity contribution >= 4 is 29.9 Å². The number of hydrogen-bond donors (Lipinski definition) is 2. The molecule has 0 unspecified atom stereocenters. The van der Waals surface area contributed by atoms with Gasteiger partial charge in [0.25, 0.3) is 5.91 Å². The fraction of sp³-hybridized carbons (Fsp3) is 0.133. The quantitative estimate of drug-likeness (QED) is 0.659. The monoisotopic (exact) mass is 314 g/mol. The van der Waals surface area contributed by atoms with Crippen LogP contribution < -0.4 is 9.88 Å². The van der Waals surface area contributed by atoms with E-state index in [0.717, 1.165) is 4.88 Å². The van der Waals surface area contributed by atoms with Crippen molar-refractivity contribution in [1.29, 1.82) is 5.26 Å². The van der Waals surface area contributed by atoms with Crippen LogP contribution in [0, 0.1) is 11.3 Å². The number of carbonyl (C=O) groups excluding carboxylic acids is 1. The molecule has 0 aliphatic carbocycles. The second kappa shape index (κ2) is 5.72. The van der Waals surface area contributed by atoms with Crippen LogP contribution in [0.4, 0.5) is 0 Å². The smallest absolute Gasteiger partial charge is 0.294 e. The number of carbonyl (C=O) groups is 1. The molecule has 1 amide bonds. The van der Waals surface area contributed by atoms with Gasteiger partial charge in [-0.2, -0.15) is 9.83 Å². The van der Waals surface area contributed by atoms with Crippen LogP contribution in [0.25, 0.3) is 0 Å². The molecule has 0 spiro atoms. The molecular formula is C15H12N3OS2+. The van der Waals surface area contributed by atoms with E-state index in [1.807, 2.05) is 52.7 Å². The molecule has 4 nitrogen and oxygen atoms in total. The Balaban J connectivity index is 2.17. The minimum absolute atomic E-state index is 0.159. The molecule has 0 fully saturated rings. The first kappa shape index (κ1) is 13.9. The lowest BCUT2D eigenvalue weighted by atomic mass is 9.87. The Kier molecular flexibility index (Phi) is 3.78. The highest BCUT2D eigenvalue weighted by Crippen LogP contribution is 2.39. The third-order valence-corrected chi connectivity index (χ3v) is 4.73. The van der Waals surface area contributed by atoms with Crippen LogP contribution in [0.2, 0.25) is 0 Å². The summed E-state index contributed by atoms with van der Waals surface area (Å²) in [5.41, 5.74) is 0.488. The van der Waals surface area contributed by atoms with Crippen LogP contribution in [0.15, 0.2) is 58.7 Å².